The van der Waals surface area contributed by atoms with Gasteiger partial charge in [0.25, 0.3) is 0 Å². The van der Waals surface area contributed by atoms with Gasteiger partial charge in [0.2, 0.25) is 5.91 Å². The van der Waals surface area contributed by atoms with Gasteiger partial charge in [0.05, 0.1) is 23.3 Å². The molecule has 102 valence electrons. The van der Waals surface area contributed by atoms with Crippen LogP contribution in [0.1, 0.15) is 13.8 Å². The van der Waals surface area contributed by atoms with E-state index >= 15 is 0 Å². The fraction of sp³-hybridized carbons (Fsp3) is 0.429. The lowest BCUT2D eigenvalue weighted by Crippen LogP contribution is -2.34. The monoisotopic (exact) mass is 260 g/mol. The van der Waals surface area contributed by atoms with E-state index in [1.165, 1.54) is 0 Å². The van der Waals surface area contributed by atoms with E-state index in [2.05, 4.69) is 34.4 Å². The van der Waals surface area contributed by atoms with Crippen LogP contribution in [0.5, 0.6) is 0 Å². The van der Waals surface area contributed by atoms with Gasteiger partial charge in [-0.05, 0) is 31.2 Å². The highest BCUT2D eigenvalue weighted by molar-refractivity contribution is 5.94. The molecule has 0 spiro atoms. The molecule has 5 heteroatoms. The second-order valence-corrected chi connectivity index (χ2v) is 5.03. The Hall–Kier alpha value is -1.88. The predicted octanol–water partition coefficient (Wildman–Crippen LogP) is 1.99. The molecule has 0 saturated heterocycles. The van der Waals surface area contributed by atoms with Crippen LogP contribution in [0.3, 0.4) is 0 Å². The van der Waals surface area contributed by atoms with Crippen molar-refractivity contribution in [2.75, 3.05) is 18.9 Å². The van der Waals surface area contributed by atoms with Gasteiger partial charge in [0.15, 0.2) is 0 Å². The number of hydrogen-bond donors (Lipinski definition) is 3. The molecule has 0 aliphatic carbocycles. The van der Waals surface area contributed by atoms with Crippen LogP contribution in [0, 0.1) is 11.8 Å². The molecule has 0 aliphatic heterocycles. The van der Waals surface area contributed by atoms with Gasteiger partial charge in [-0.1, -0.05) is 13.8 Å². The topological polar surface area (TPSA) is 69.8 Å². The molecule has 0 saturated carbocycles. The molecule has 1 atom stereocenters. The number of fused-ring (bicyclic) bond motifs is 1. The average Bonchev–Trinajstić information content (AvgIpc) is 2.82. The summed E-state index contributed by atoms with van der Waals surface area (Å²) in [5.74, 6) is 0.300. The molecule has 0 bridgehead atoms. The summed E-state index contributed by atoms with van der Waals surface area (Å²) in [6.07, 6.45) is 1.65. The van der Waals surface area contributed by atoms with Crippen LogP contribution in [0.15, 0.2) is 24.5 Å². The Morgan fingerprint density at radius 3 is 2.89 bits per heavy atom. The van der Waals surface area contributed by atoms with Gasteiger partial charge in [0, 0.05) is 12.2 Å². The summed E-state index contributed by atoms with van der Waals surface area (Å²) in [4.78, 5) is 19.4. The smallest absolute Gasteiger partial charge is 0.229 e. The predicted molar refractivity (Wildman–Crippen MR) is 77.0 cm³/mol. The standard InChI is InChI=1S/C14H20N4O/c1-9(2)11(7-15-3)14(19)18-10-4-5-12-13(6-10)17-8-16-12/h4-6,8-9,11,15H,7H2,1-3H3,(H,16,17)(H,18,19). The zero-order valence-corrected chi connectivity index (χ0v) is 11.5. The van der Waals surface area contributed by atoms with Crippen molar-refractivity contribution in [3.8, 4) is 0 Å². The molecule has 1 amide bonds. The molecule has 3 N–H and O–H groups in total. The van der Waals surface area contributed by atoms with E-state index in [1.54, 1.807) is 6.33 Å². The number of anilines is 1. The third-order valence-electron chi connectivity index (χ3n) is 3.25. The molecular weight excluding hydrogens is 240 g/mol. The van der Waals surface area contributed by atoms with Crippen LogP contribution in [0.2, 0.25) is 0 Å². The van der Waals surface area contributed by atoms with Crippen molar-refractivity contribution < 1.29 is 4.79 Å². The first-order valence-electron chi connectivity index (χ1n) is 6.50. The number of H-pyrrole nitrogens is 1. The Morgan fingerprint density at radius 2 is 2.21 bits per heavy atom. The minimum absolute atomic E-state index is 0.0394. The van der Waals surface area contributed by atoms with Crippen molar-refractivity contribution in [2.45, 2.75) is 13.8 Å². The lowest BCUT2D eigenvalue weighted by Gasteiger charge is -2.19. The van der Waals surface area contributed by atoms with Crippen LogP contribution < -0.4 is 10.6 Å². The lowest BCUT2D eigenvalue weighted by molar-refractivity contribution is -0.120. The number of nitrogens with zero attached hydrogens (tertiary/aromatic N) is 1. The van der Waals surface area contributed by atoms with Gasteiger partial charge in [0.1, 0.15) is 0 Å². The Balaban J connectivity index is 2.12. The second kappa shape index (κ2) is 5.84. The highest BCUT2D eigenvalue weighted by Gasteiger charge is 2.21. The number of rotatable bonds is 5. The highest BCUT2D eigenvalue weighted by Crippen LogP contribution is 2.18. The van der Waals surface area contributed by atoms with E-state index in [4.69, 9.17) is 0 Å². The Bertz CT molecular complexity index is 561. The average molecular weight is 260 g/mol. The molecule has 2 aromatic rings. The third kappa shape index (κ3) is 3.12. The Morgan fingerprint density at radius 1 is 1.42 bits per heavy atom. The molecule has 2 rings (SSSR count). The van der Waals surface area contributed by atoms with Crippen LogP contribution in [-0.2, 0) is 4.79 Å². The number of aromatic amines is 1. The molecule has 1 unspecified atom stereocenters. The molecule has 1 aromatic heterocycles. The van der Waals surface area contributed by atoms with Gasteiger partial charge in [-0.15, -0.1) is 0 Å². The van der Waals surface area contributed by atoms with Crippen LogP contribution in [-0.4, -0.2) is 29.5 Å². The number of aromatic nitrogens is 2. The summed E-state index contributed by atoms with van der Waals surface area (Å²) >= 11 is 0. The number of imidazole rings is 1. The van der Waals surface area contributed by atoms with Crippen LogP contribution in [0.4, 0.5) is 5.69 Å². The van der Waals surface area contributed by atoms with Crippen molar-refractivity contribution in [2.24, 2.45) is 11.8 Å². The van der Waals surface area contributed by atoms with E-state index in [-0.39, 0.29) is 11.8 Å². The third-order valence-corrected chi connectivity index (χ3v) is 3.25. The molecule has 0 aliphatic rings. The minimum Gasteiger partial charge on any atom is -0.345 e. The van der Waals surface area contributed by atoms with Gasteiger partial charge in [-0.25, -0.2) is 4.98 Å². The van der Waals surface area contributed by atoms with E-state index in [0.29, 0.717) is 12.5 Å². The van der Waals surface area contributed by atoms with Gasteiger partial charge < -0.3 is 15.6 Å². The fourth-order valence-electron chi connectivity index (χ4n) is 2.10. The van der Waals surface area contributed by atoms with Gasteiger partial charge in [-0.3, -0.25) is 4.79 Å². The minimum atomic E-state index is -0.0394. The first-order chi connectivity index (χ1) is 9.11. The Kier molecular flexibility index (Phi) is 4.16. The number of amides is 1. The zero-order chi connectivity index (χ0) is 13.8. The van der Waals surface area contributed by atoms with Crippen molar-refractivity contribution in [1.29, 1.82) is 0 Å². The number of carbonyl (C=O) groups excluding carboxylic acids is 1. The quantitative estimate of drug-likeness (QED) is 0.770. The summed E-state index contributed by atoms with van der Waals surface area (Å²) in [5, 5.41) is 6.03. The summed E-state index contributed by atoms with van der Waals surface area (Å²) in [6.45, 7) is 4.79. The second-order valence-electron chi connectivity index (χ2n) is 5.03. The number of nitrogens with one attached hydrogen (secondary N) is 3. The molecule has 5 nitrogen and oxygen atoms in total. The number of carbonyl (C=O) groups is 1. The molecule has 0 radical (unpaired) electrons. The van der Waals surface area contributed by atoms with E-state index < -0.39 is 0 Å². The van der Waals surface area contributed by atoms with Gasteiger partial charge >= 0.3 is 0 Å². The van der Waals surface area contributed by atoms with Crippen molar-refractivity contribution >= 4 is 22.6 Å². The molecule has 1 aromatic carbocycles. The number of hydrogen-bond acceptors (Lipinski definition) is 3. The summed E-state index contributed by atoms with van der Waals surface area (Å²) in [6, 6.07) is 5.67. The summed E-state index contributed by atoms with van der Waals surface area (Å²) in [5.41, 5.74) is 2.62. The zero-order valence-electron chi connectivity index (χ0n) is 11.5. The number of benzene rings is 1. The lowest BCUT2D eigenvalue weighted by atomic mass is 9.95. The van der Waals surface area contributed by atoms with Crippen molar-refractivity contribution in [3.05, 3.63) is 24.5 Å². The molecular formula is C14H20N4O. The first-order valence-corrected chi connectivity index (χ1v) is 6.50. The maximum atomic E-state index is 12.2. The van der Waals surface area contributed by atoms with E-state index in [0.717, 1.165) is 16.7 Å². The fourth-order valence-corrected chi connectivity index (χ4v) is 2.10. The molecule has 1 heterocycles. The Labute approximate surface area is 112 Å². The highest BCUT2D eigenvalue weighted by atomic mass is 16.1. The van der Waals surface area contributed by atoms with Crippen LogP contribution >= 0.6 is 0 Å². The normalized spacial score (nSPS) is 12.8. The maximum Gasteiger partial charge on any atom is 0.229 e. The van der Waals surface area contributed by atoms with Crippen molar-refractivity contribution in [3.63, 3.8) is 0 Å². The molecule has 0 fully saturated rings. The van der Waals surface area contributed by atoms with Gasteiger partial charge in [-0.2, -0.15) is 0 Å². The summed E-state index contributed by atoms with van der Waals surface area (Å²) in [7, 11) is 1.86. The van der Waals surface area contributed by atoms with Crippen molar-refractivity contribution in [1.82, 2.24) is 15.3 Å². The molecule has 19 heavy (non-hydrogen) atoms. The summed E-state index contributed by atoms with van der Waals surface area (Å²) < 4.78 is 0. The van der Waals surface area contributed by atoms with E-state index in [9.17, 15) is 4.79 Å². The maximum absolute atomic E-state index is 12.2. The largest absolute Gasteiger partial charge is 0.345 e. The first kappa shape index (κ1) is 13.5. The van der Waals surface area contributed by atoms with E-state index in [1.807, 2.05) is 25.2 Å². The van der Waals surface area contributed by atoms with Crippen LogP contribution in [0.25, 0.3) is 11.0 Å². The SMILES string of the molecule is CNCC(C(=O)Nc1ccc2nc[nH]c2c1)C(C)C.